The Balaban J connectivity index is 1.77. The van der Waals surface area contributed by atoms with Gasteiger partial charge in [0, 0.05) is 12.2 Å². The van der Waals surface area contributed by atoms with Gasteiger partial charge in [-0.3, -0.25) is 9.78 Å². The zero-order valence-corrected chi connectivity index (χ0v) is 12.7. The van der Waals surface area contributed by atoms with E-state index in [4.69, 9.17) is 4.42 Å². The normalized spacial score (nSPS) is 11.4. The van der Waals surface area contributed by atoms with Crippen LogP contribution in [0.3, 0.4) is 0 Å². The number of hydrogen-bond acceptors (Lipinski definition) is 6. The number of H-pyrrole nitrogens is 1. The van der Waals surface area contributed by atoms with Gasteiger partial charge in [0.1, 0.15) is 17.3 Å². The smallest absolute Gasteiger partial charge is 0.165 e. The second kappa shape index (κ2) is 5.24. The third-order valence-electron chi connectivity index (χ3n) is 3.47. The van der Waals surface area contributed by atoms with E-state index in [2.05, 4.69) is 44.4 Å². The first kappa shape index (κ1) is 13.5. The van der Waals surface area contributed by atoms with Crippen molar-refractivity contribution < 1.29 is 4.42 Å². The van der Waals surface area contributed by atoms with Gasteiger partial charge in [-0.1, -0.05) is 0 Å². The van der Waals surface area contributed by atoms with Gasteiger partial charge in [0.05, 0.1) is 29.9 Å². The molecule has 0 aliphatic rings. The number of nitrogens with one attached hydrogen (secondary N) is 2. The molecule has 0 radical (unpaired) electrons. The lowest BCUT2D eigenvalue weighted by Crippen LogP contribution is -2.00. The van der Waals surface area contributed by atoms with E-state index in [1.165, 1.54) is 0 Å². The zero-order valence-electron chi connectivity index (χ0n) is 12.7. The Morgan fingerprint density at radius 1 is 1.26 bits per heavy atom. The van der Waals surface area contributed by atoms with Crippen LogP contribution in [-0.2, 0) is 0 Å². The second-order valence-corrected chi connectivity index (χ2v) is 5.47. The summed E-state index contributed by atoms with van der Waals surface area (Å²) >= 11 is 0. The summed E-state index contributed by atoms with van der Waals surface area (Å²) < 4.78 is 6.99. The fourth-order valence-corrected chi connectivity index (χ4v) is 2.27. The molecule has 0 bridgehead atoms. The number of furan rings is 1. The van der Waals surface area contributed by atoms with Gasteiger partial charge in [-0.2, -0.15) is 10.2 Å². The van der Waals surface area contributed by atoms with Gasteiger partial charge < -0.3 is 9.73 Å². The van der Waals surface area contributed by atoms with Crippen LogP contribution in [0.4, 0.5) is 11.5 Å². The van der Waals surface area contributed by atoms with Crippen LogP contribution in [0, 0.1) is 0 Å². The molecule has 0 aliphatic heterocycles. The van der Waals surface area contributed by atoms with Crippen LogP contribution in [0.1, 0.15) is 19.9 Å². The molecule has 0 fully saturated rings. The molecule has 8 heteroatoms. The standard InChI is InChI=1S/C15H15N7O/c1-9(2)22-7-11(5-17-22)18-15-13-12(6-16-21-13)19-14(20-15)10-3-4-23-8-10/h3-9H,1-2H3,(H,16,21)(H,18,19,20). The van der Waals surface area contributed by atoms with Crippen molar-refractivity contribution in [3.63, 3.8) is 0 Å². The summed E-state index contributed by atoms with van der Waals surface area (Å²) in [5, 5.41) is 14.6. The summed E-state index contributed by atoms with van der Waals surface area (Å²) in [4.78, 5) is 9.06. The van der Waals surface area contributed by atoms with Crippen molar-refractivity contribution in [3.8, 4) is 11.4 Å². The van der Waals surface area contributed by atoms with Gasteiger partial charge in [-0.25, -0.2) is 9.97 Å². The first-order valence-electron chi connectivity index (χ1n) is 7.25. The number of hydrogen-bond donors (Lipinski definition) is 2. The molecule has 0 amide bonds. The first-order valence-corrected chi connectivity index (χ1v) is 7.25. The SMILES string of the molecule is CC(C)n1cc(Nc2nc(-c3ccoc3)nc3cn[nH]c23)cn1. The molecule has 4 aromatic heterocycles. The molecular weight excluding hydrogens is 294 g/mol. The van der Waals surface area contributed by atoms with Crippen LogP contribution in [0.2, 0.25) is 0 Å². The number of aromatic nitrogens is 6. The lowest BCUT2D eigenvalue weighted by atomic mass is 10.3. The van der Waals surface area contributed by atoms with E-state index in [0.29, 0.717) is 17.7 Å². The van der Waals surface area contributed by atoms with E-state index < -0.39 is 0 Å². The van der Waals surface area contributed by atoms with Crippen molar-refractivity contribution in [1.29, 1.82) is 0 Å². The van der Waals surface area contributed by atoms with Crippen molar-refractivity contribution in [1.82, 2.24) is 29.9 Å². The van der Waals surface area contributed by atoms with Crippen molar-refractivity contribution in [2.24, 2.45) is 0 Å². The largest absolute Gasteiger partial charge is 0.472 e. The molecule has 8 nitrogen and oxygen atoms in total. The molecule has 0 aromatic carbocycles. The fraction of sp³-hybridized carbons (Fsp3) is 0.200. The van der Waals surface area contributed by atoms with E-state index in [9.17, 15) is 0 Å². The number of fused-ring (bicyclic) bond motifs is 1. The topological polar surface area (TPSA) is 97.5 Å². The van der Waals surface area contributed by atoms with Crippen LogP contribution in [0.5, 0.6) is 0 Å². The predicted octanol–water partition coefficient (Wildman–Crippen LogP) is 3.13. The molecule has 0 atom stereocenters. The molecule has 0 unspecified atom stereocenters. The van der Waals surface area contributed by atoms with Crippen molar-refractivity contribution >= 4 is 22.5 Å². The molecule has 116 valence electrons. The molecular formula is C15H15N7O. The molecule has 0 saturated carbocycles. The fourth-order valence-electron chi connectivity index (χ4n) is 2.27. The average molecular weight is 309 g/mol. The summed E-state index contributed by atoms with van der Waals surface area (Å²) in [6.07, 6.45) is 8.58. The minimum absolute atomic E-state index is 0.296. The van der Waals surface area contributed by atoms with E-state index in [1.807, 2.05) is 16.9 Å². The predicted molar refractivity (Wildman–Crippen MR) is 85.3 cm³/mol. The lowest BCUT2D eigenvalue weighted by molar-refractivity contribution is 0.532. The Hall–Kier alpha value is -3.16. The third kappa shape index (κ3) is 2.44. The molecule has 4 rings (SSSR count). The van der Waals surface area contributed by atoms with E-state index >= 15 is 0 Å². The maximum atomic E-state index is 5.11. The Bertz CT molecular complexity index is 936. The number of aromatic amines is 1. The van der Waals surface area contributed by atoms with Gasteiger partial charge in [0.25, 0.3) is 0 Å². The molecule has 0 spiro atoms. The maximum Gasteiger partial charge on any atom is 0.165 e. The summed E-state index contributed by atoms with van der Waals surface area (Å²) in [7, 11) is 0. The summed E-state index contributed by atoms with van der Waals surface area (Å²) in [5.74, 6) is 1.22. The monoisotopic (exact) mass is 309 g/mol. The minimum Gasteiger partial charge on any atom is -0.472 e. The van der Waals surface area contributed by atoms with Crippen LogP contribution >= 0.6 is 0 Å². The lowest BCUT2D eigenvalue weighted by Gasteiger charge is -2.06. The molecule has 23 heavy (non-hydrogen) atoms. The summed E-state index contributed by atoms with van der Waals surface area (Å²) in [6.45, 7) is 4.15. The highest BCUT2D eigenvalue weighted by atomic mass is 16.3. The Morgan fingerprint density at radius 3 is 2.91 bits per heavy atom. The van der Waals surface area contributed by atoms with Gasteiger partial charge >= 0.3 is 0 Å². The molecule has 0 aliphatic carbocycles. The van der Waals surface area contributed by atoms with Crippen molar-refractivity contribution in [2.75, 3.05) is 5.32 Å². The van der Waals surface area contributed by atoms with Crippen molar-refractivity contribution in [2.45, 2.75) is 19.9 Å². The molecule has 4 aromatic rings. The van der Waals surface area contributed by atoms with Crippen LogP contribution in [-0.4, -0.2) is 29.9 Å². The summed E-state index contributed by atoms with van der Waals surface area (Å²) in [5.41, 5.74) is 3.14. The Kier molecular flexibility index (Phi) is 3.07. The quantitative estimate of drug-likeness (QED) is 0.601. The van der Waals surface area contributed by atoms with Gasteiger partial charge in [-0.05, 0) is 19.9 Å². The van der Waals surface area contributed by atoms with Gasteiger partial charge in [0.2, 0.25) is 0 Å². The van der Waals surface area contributed by atoms with E-state index in [0.717, 1.165) is 22.3 Å². The highest BCUT2D eigenvalue weighted by molar-refractivity contribution is 5.88. The highest BCUT2D eigenvalue weighted by Gasteiger charge is 2.13. The Labute approximate surface area is 131 Å². The van der Waals surface area contributed by atoms with E-state index in [1.54, 1.807) is 24.9 Å². The van der Waals surface area contributed by atoms with Crippen molar-refractivity contribution in [3.05, 3.63) is 37.2 Å². The second-order valence-electron chi connectivity index (χ2n) is 5.47. The molecule has 4 heterocycles. The summed E-state index contributed by atoms with van der Waals surface area (Å²) in [6, 6.07) is 2.12. The number of nitrogens with zero attached hydrogens (tertiary/aromatic N) is 5. The third-order valence-corrected chi connectivity index (χ3v) is 3.47. The van der Waals surface area contributed by atoms with Crippen LogP contribution in [0.25, 0.3) is 22.4 Å². The number of anilines is 2. The van der Waals surface area contributed by atoms with Gasteiger partial charge in [0.15, 0.2) is 11.6 Å². The minimum atomic E-state index is 0.296. The van der Waals surface area contributed by atoms with Gasteiger partial charge in [-0.15, -0.1) is 0 Å². The zero-order chi connectivity index (χ0) is 15.8. The highest BCUT2D eigenvalue weighted by Crippen LogP contribution is 2.26. The number of rotatable bonds is 4. The maximum absolute atomic E-state index is 5.11. The van der Waals surface area contributed by atoms with Crippen LogP contribution < -0.4 is 5.32 Å². The Morgan fingerprint density at radius 2 is 2.17 bits per heavy atom. The molecule has 2 N–H and O–H groups in total. The average Bonchev–Trinajstić information content (AvgIpc) is 3.28. The van der Waals surface area contributed by atoms with Crippen LogP contribution in [0.15, 0.2) is 41.6 Å². The first-order chi connectivity index (χ1) is 11.2. The van der Waals surface area contributed by atoms with E-state index in [-0.39, 0.29) is 0 Å². The molecule has 0 saturated heterocycles.